The Bertz CT molecular complexity index is 1170. The summed E-state index contributed by atoms with van der Waals surface area (Å²) in [6.07, 6.45) is 0. The maximum Gasteiger partial charge on any atom is 0.261 e. The van der Waals surface area contributed by atoms with Crippen molar-refractivity contribution in [3.63, 3.8) is 0 Å². The number of benzene rings is 2. The first kappa shape index (κ1) is 18.1. The summed E-state index contributed by atoms with van der Waals surface area (Å²) in [5.74, 6) is 1.25. The largest absolute Gasteiger partial charge is 0.330 e. The molecule has 27 heavy (non-hydrogen) atoms. The summed E-state index contributed by atoms with van der Waals surface area (Å²) in [5, 5.41) is 13.0. The van der Waals surface area contributed by atoms with Crippen LogP contribution in [0.4, 0.5) is 10.8 Å². The molecule has 0 unspecified atom stereocenters. The van der Waals surface area contributed by atoms with Crippen molar-refractivity contribution in [2.24, 2.45) is 7.05 Å². The van der Waals surface area contributed by atoms with Gasteiger partial charge in [-0.25, -0.2) is 4.98 Å². The van der Waals surface area contributed by atoms with Gasteiger partial charge in [-0.05, 0) is 30.3 Å². The zero-order valence-corrected chi connectivity index (χ0v) is 17.4. The Kier molecular flexibility index (Phi) is 5.24. The van der Waals surface area contributed by atoms with Crippen LogP contribution in [0.3, 0.4) is 0 Å². The third kappa shape index (κ3) is 4.05. The summed E-state index contributed by atoms with van der Waals surface area (Å²) >= 11 is 6.43. The van der Waals surface area contributed by atoms with E-state index < -0.39 is 0 Å². The highest BCUT2D eigenvalue weighted by Crippen LogP contribution is 2.30. The highest BCUT2D eigenvalue weighted by molar-refractivity contribution is 9.10. The lowest BCUT2D eigenvalue weighted by Crippen LogP contribution is -2.21. The Balaban J connectivity index is 1.50. The van der Waals surface area contributed by atoms with Crippen LogP contribution < -0.4 is 10.9 Å². The van der Waals surface area contributed by atoms with Crippen molar-refractivity contribution in [1.29, 1.82) is 0 Å². The molecule has 6 nitrogen and oxygen atoms in total. The van der Waals surface area contributed by atoms with E-state index in [9.17, 15) is 4.79 Å². The summed E-state index contributed by atoms with van der Waals surface area (Å²) in [5.41, 5.74) is 1.62. The van der Waals surface area contributed by atoms with Crippen LogP contribution in [0, 0.1) is 0 Å². The van der Waals surface area contributed by atoms with E-state index >= 15 is 0 Å². The van der Waals surface area contributed by atoms with E-state index in [2.05, 4.69) is 36.4 Å². The predicted octanol–water partition coefficient (Wildman–Crippen LogP) is 4.58. The van der Waals surface area contributed by atoms with Crippen LogP contribution >= 0.6 is 39.0 Å². The van der Waals surface area contributed by atoms with E-state index in [1.807, 2.05) is 42.5 Å². The van der Waals surface area contributed by atoms with E-state index in [-0.39, 0.29) is 5.56 Å². The number of thioether (sulfide) groups is 1. The van der Waals surface area contributed by atoms with Crippen LogP contribution in [-0.2, 0) is 12.8 Å². The molecule has 0 fully saturated rings. The predicted molar refractivity (Wildman–Crippen MR) is 114 cm³/mol. The van der Waals surface area contributed by atoms with Gasteiger partial charge in [-0.1, -0.05) is 57.2 Å². The number of para-hydroxylation sites is 1. The fourth-order valence-electron chi connectivity index (χ4n) is 2.53. The minimum atomic E-state index is -0.0366. The first-order valence-electron chi connectivity index (χ1n) is 8.04. The molecule has 0 amide bonds. The minimum Gasteiger partial charge on any atom is -0.330 e. The molecule has 0 atom stereocenters. The quantitative estimate of drug-likeness (QED) is 0.440. The van der Waals surface area contributed by atoms with E-state index in [0.717, 1.165) is 19.6 Å². The SMILES string of the molecule is Cn1c(CSc2nnc(Nc3cccc(Br)c3)s2)nc2ccccc2c1=O. The Labute approximate surface area is 171 Å². The fraction of sp³-hybridized carbons (Fsp3) is 0.111. The molecular weight excluding hydrogens is 446 g/mol. The normalized spacial score (nSPS) is 11.0. The van der Waals surface area contributed by atoms with Crippen molar-refractivity contribution in [2.45, 2.75) is 10.1 Å². The van der Waals surface area contributed by atoms with E-state index in [1.54, 1.807) is 17.7 Å². The molecule has 0 saturated heterocycles. The van der Waals surface area contributed by atoms with E-state index in [1.165, 1.54) is 23.1 Å². The van der Waals surface area contributed by atoms with Crippen molar-refractivity contribution >= 4 is 60.8 Å². The number of hydrogen-bond donors (Lipinski definition) is 1. The highest BCUT2D eigenvalue weighted by atomic mass is 79.9. The van der Waals surface area contributed by atoms with Crippen LogP contribution in [0.15, 0.2) is 62.1 Å². The van der Waals surface area contributed by atoms with Gasteiger partial charge < -0.3 is 5.32 Å². The Morgan fingerprint density at radius 2 is 2.04 bits per heavy atom. The van der Waals surface area contributed by atoms with Crippen molar-refractivity contribution in [2.75, 3.05) is 5.32 Å². The number of rotatable bonds is 5. The molecule has 2 heterocycles. The van der Waals surface area contributed by atoms with Crippen LogP contribution in [0.25, 0.3) is 10.9 Å². The molecule has 0 spiro atoms. The monoisotopic (exact) mass is 459 g/mol. The third-order valence-electron chi connectivity index (χ3n) is 3.88. The Morgan fingerprint density at radius 1 is 1.19 bits per heavy atom. The molecule has 0 aliphatic carbocycles. The number of anilines is 2. The number of nitrogens with one attached hydrogen (secondary N) is 1. The summed E-state index contributed by atoms with van der Waals surface area (Å²) in [6, 6.07) is 15.2. The Hall–Kier alpha value is -2.23. The minimum absolute atomic E-state index is 0.0366. The second-order valence-electron chi connectivity index (χ2n) is 5.71. The Morgan fingerprint density at radius 3 is 2.89 bits per heavy atom. The second kappa shape index (κ2) is 7.79. The van der Waals surface area contributed by atoms with Gasteiger partial charge in [-0.15, -0.1) is 10.2 Å². The lowest BCUT2D eigenvalue weighted by Gasteiger charge is -2.07. The number of nitrogens with zero attached hydrogens (tertiary/aromatic N) is 4. The summed E-state index contributed by atoms with van der Waals surface area (Å²) in [7, 11) is 1.75. The van der Waals surface area contributed by atoms with Gasteiger partial charge in [0.2, 0.25) is 5.13 Å². The van der Waals surface area contributed by atoms with Crippen molar-refractivity contribution in [1.82, 2.24) is 19.7 Å². The van der Waals surface area contributed by atoms with Gasteiger partial charge in [0.05, 0.1) is 16.7 Å². The van der Waals surface area contributed by atoms with E-state index in [0.29, 0.717) is 22.5 Å². The lowest BCUT2D eigenvalue weighted by molar-refractivity contribution is 0.785. The second-order valence-corrected chi connectivity index (χ2v) is 8.82. The smallest absolute Gasteiger partial charge is 0.261 e. The molecule has 1 N–H and O–H groups in total. The zero-order valence-electron chi connectivity index (χ0n) is 14.2. The van der Waals surface area contributed by atoms with E-state index in [4.69, 9.17) is 0 Å². The number of halogens is 1. The molecule has 0 bridgehead atoms. The van der Waals surface area contributed by atoms with Crippen LogP contribution in [0.2, 0.25) is 0 Å². The average Bonchev–Trinajstić information content (AvgIpc) is 3.11. The van der Waals surface area contributed by atoms with Crippen LogP contribution in [0.1, 0.15) is 5.82 Å². The molecule has 2 aromatic carbocycles. The molecule has 9 heteroatoms. The number of fused-ring (bicyclic) bond motifs is 1. The zero-order chi connectivity index (χ0) is 18.8. The lowest BCUT2D eigenvalue weighted by atomic mass is 10.2. The molecule has 136 valence electrons. The van der Waals surface area contributed by atoms with Crippen LogP contribution in [-0.4, -0.2) is 19.7 Å². The van der Waals surface area contributed by atoms with Gasteiger partial charge in [0.25, 0.3) is 5.56 Å². The fourth-order valence-corrected chi connectivity index (χ4v) is 4.68. The summed E-state index contributed by atoms with van der Waals surface area (Å²) in [4.78, 5) is 17.1. The van der Waals surface area contributed by atoms with Gasteiger partial charge in [-0.3, -0.25) is 9.36 Å². The first-order valence-corrected chi connectivity index (χ1v) is 10.6. The third-order valence-corrected chi connectivity index (χ3v) is 6.34. The van der Waals surface area contributed by atoms with Crippen molar-refractivity contribution < 1.29 is 0 Å². The van der Waals surface area contributed by atoms with Crippen LogP contribution in [0.5, 0.6) is 0 Å². The topological polar surface area (TPSA) is 72.7 Å². The van der Waals surface area contributed by atoms with Gasteiger partial charge in [0, 0.05) is 17.2 Å². The standard InChI is InChI=1S/C18H14BrN5OS2/c1-24-15(21-14-8-3-2-7-13(14)16(24)25)10-26-18-23-22-17(27-18)20-12-6-4-5-11(19)9-12/h2-9H,10H2,1H3,(H,20,22). The summed E-state index contributed by atoms with van der Waals surface area (Å²) in [6.45, 7) is 0. The number of hydrogen-bond acceptors (Lipinski definition) is 7. The molecule has 0 radical (unpaired) electrons. The molecule has 0 saturated carbocycles. The molecule has 0 aliphatic rings. The average molecular weight is 460 g/mol. The van der Waals surface area contributed by atoms with Crippen molar-refractivity contribution in [3.05, 3.63) is 69.2 Å². The molecular formula is C18H14BrN5OS2. The maximum atomic E-state index is 12.5. The van der Waals surface area contributed by atoms with Gasteiger partial charge >= 0.3 is 0 Å². The molecule has 0 aliphatic heterocycles. The van der Waals surface area contributed by atoms with Gasteiger partial charge in [0.15, 0.2) is 4.34 Å². The van der Waals surface area contributed by atoms with Gasteiger partial charge in [0.1, 0.15) is 5.82 Å². The van der Waals surface area contributed by atoms with Crippen molar-refractivity contribution in [3.8, 4) is 0 Å². The molecule has 4 rings (SSSR count). The molecule has 2 aromatic heterocycles. The summed E-state index contributed by atoms with van der Waals surface area (Å²) < 4.78 is 3.40. The highest BCUT2D eigenvalue weighted by Gasteiger charge is 2.11. The maximum absolute atomic E-state index is 12.5. The first-order chi connectivity index (χ1) is 13.1. The number of aromatic nitrogens is 4. The molecule has 4 aromatic rings. The van der Waals surface area contributed by atoms with Gasteiger partial charge in [-0.2, -0.15) is 0 Å².